The van der Waals surface area contributed by atoms with Crippen LogP contribution < -0.4 is 0 Å². The molecule has 2 fully saturated rings. The first kappa shape index (κ1) is 26.1. The van der Waals surface area contributed by atoms with Crippen molar-refractivity contribution in [2.45, 2.75) is 95.4 Å². The summed E-state index contributed by atoms with van der Waals surface area (Å²) in [5.74, 6) is -3.13. The smallest absolute Gasteiger partial charge is 0.337 e. The Kier molecular flexibility index (Phi) is 6.62. The first-order chi connectivity index (χ1) is 15.6. The van der Waals surface area contributed by atoms with Crippen molar-refractivity contribution in [2.75, 3.05) is 13.2 Å². The highest BCUT2D eigenvalue weighted by Gasteiger charge is 2.81. The van der Waals surface area contributed by atoms with Crippen molar-refractivity contribution in [1.29, 1.82) is 0 Å². The number of ether oxygens (including phenoxy) is 5. The van der Waals surface area contributed by atoms with E-state index in [0.717, 1.165) is 20.8 Å². The summed E-state index contributed by atoms with van der Waals surface area (Å²) in [4.78, 5) is 49.5. The molecule has 1 aliphatic heterocycles. The van der Waals surface area contributed by atoms with Crippen molar-refractivity contribution in [2.24, 2.45) is 0 Å². The molecule has 34 heavy (non-hydrogen) atoms. The van der Waals surface area contributed by atoms with Crippen LogP contribution in [0.1, 0.15) is 60.8 Å². The summed E-state index contributed by atoms with van der Waals surface area (Å²) in [6.45, 7) is 7.97. The van der Waals surface area contributed by atoms with Crippen molar-refractivity contribution < 1.29 is 53.1 Å². The SMILES string of the molecule is CCOCC1=C2[C@@H](OC(C)=O)C[C@@](C)(OC(C)=O)[C@@]3(O)CC[C@@](C)(O)[C@H](OC(C)=O)[C@@]23OC1=O. The second-order valence-corrected chi connectivity index (χ2v) is 9.49. The molecule has 11 nitrogen and oxygen atoms in total. The summed E-state index contributed by atoms with van der Waals surface area (Å²) in [6.07, 6.45) is -3.30. The Labute approximate surface area is 197 Å². The van der Waals surface area contributed by atoms with Crippen LogP contribution in [0, 0.1) is 0 Å². The van der Waals surface area contributed by atoms with Crippen LogP contribution in [0.5, 0.6) is 0 Å². The van der Waals surface area contributed by atoms with Gasteiger partial charge < -0.3 is 33.9 Å². The maximum Gasteiger partial charge on any atom is 0.337 e. The van der Waals surface area contributed by atoms with Crippen molar-refractivity contribution in [3.8, 4) is 0 Å². The average molecular weight is 484 g/mol. The molecule has 1 spiro atoms. The van der Waals surface area contributed by atoms with Gasteiger partial charge in [0.1, 0.15) is 17.3 Å². The zero-order valence-electron chi connectivity index (χ0n) is 20.3. The molecular weight excluding hydrogens is 452 g/mol. The molecule has 0 saturated heterocycles. The molecule has 2 saturated carbocycles. The van der Waals surface area contributed by atoms with E-state index in [4.69, 9.17) is 23.7 Å². The highest BCUT2D eigenvalue weighted by Crippen LogP contribution is 2.63. The zero-order chi connectivity index (χ0) is 25.7. The van der Waals surface area contributed by atoms with Crippen molar-refractivity contribution in [3.05, 3.63) is 11.1 Å². The molecule has 11 heteroatoms. The Morgan fingerprint density at radius 3 is 2.18 bits per heavy atom. The summed E-state index contributed by atoms with van der Waals surface area (Å²) in [5, 5.41) is 23.6. The molecule has 0 aromatic carbocycles. The maximum atomic E-state index is 13.2. The van der Waals surface area contributed by atoms with Gasteiger partial charge in [-0.25, -0.2) is 4.79 Å². The zero-order valence-corrected chi connectivity index (χ0v) is 20.3. The molecule has 1 heterocycles. The molecule has 3 rings (SSSR count). The lowest BCUT2D eigenvalue weighted by Gasteiger charge is -2.63. The van der Waals surface area contributed by atoms with E-state index in [1.807, 2.05) is 0 Å². The van der Waals surface area contributed by atoms with E-state index in [-0.39, 0.29) is 43.6 Å². The van der Waals surface area contributed by atoms with Crippen LogP contribution >= 0.6 is 0 Å². The van der Waals surface area contributed by atoms with Gasteiger partial charge in [0.15, 0.2) is 11.7 Å². The molecule has 2 N–H and O–H groups in total. The van der Waals surface area contributed by atoms with Gasteiger partial charge in [-0.2, -0.15) is 0 Å². The number of hydrogen-bond acceptors (Lipinski definition) is 11. The molecule has 0 aromatic rings. The van der Waals surface area contributed by atoms with Gasteiger partial charge in [0, 0.05) is 39.4 Å². The van der Waals surface area contributed by atoms with Crippen LogP contribution in [-0.4, -0.2) is 81.9 Å². The third-order valence-electron chi connectivity index (χ3n) is 6.95. The monoisotopic (exact) mass is 484 g/mol. The molecule has 0 bridgehead atoms. The van der Waals surface area contributed by atoms with Crippen molar-refractivity contribution in [1.82, 2.24) is 0 Å². The minimum Gasteiger partial charge on any atom is -0.458 e. The minimum absolute atomic E-state index is 0.0220. The lowest BCUT2D eigenvalue weighted by atomic mass is 9.51. The standard InChI is InChI=1S/C23H32O11/c1-7-30-11-15-17-16(31-12(2)24)10-21(6,33-14(4)26)22(29)9-8-20(5,28)19(32-13(3)25)23(17,22)34-18(15)27/h16,19,28-29H,7-11H2,1-6H3/t16-,19-,20+,21+,22-,23-/m0/s1. The molecular formula is C23H32O11. The summed E-state index contributed by atoms with van der Waals surface area (Å²) in [7, 11) is 0. The van der Waals surface area contributed by atoms with Gasteiger partial charge in [-0.3, -0.25) is 14.4 Å². The quantitative estimate of drug-likeness (QED) is 0.399. The number of hydrogen-bond donors (Lipinski definition) is 2. The van der Waals surface area contributed by atoms with Gasteiger partial charge in [0.25, 0.3) is 0 Å². The van der Waals surface area contributed by atoms with Crippen LogP contribution in [-0.2, 0) is 42.9 Å². The number of carbonyl (C=O) groups excluding carboxylic acids is 4. The van der Waals surface area contributed by atoms with E-state index in [1.54, 1.807) is 6.92 Å². The first-order valence-electron chi connectivity index (χ1n) is 11.2. The van der Waals surface area contributed by atoms with Crippen LogP contribution in [0.3, 0.4) is 0 Å². The second-order valence-electron chi connectivity index (χ2n) is 9.49. The number of aliphatic hydroxyl groups is 2. The summed E-state index contributed by atoms with van der Waals surface area (Å²) < 4.78 is 27.9. The molecule has 3 aliphatic rings. The highest BCUT2D eigenvalue weighted by atomic mass is 16.6. The summed E-state index contributed by atoms with van der Waals surface area (Å²) >= 11 is 0. The third kappa shape index (κ3) is 3.79. The lowest BCUT2D eigenvalue weighted by molar-refractivity contribution is -0.324. The molecule has 0 radical (unpaired) electrons. The van der Waals surface area contributed by atoms with Gasteiger partial charge in [-0.1, -0.05) is 0 Å². The van der Waals surface area contributed by atoms with Crippen LogP contribution in [0.2, 0.25) is 0 Å². The average Bonchev–Trinajstić information content (AvgIpc) is 2.98. The Morgan fingerprint density at radius 2 is 1.65 bits per heavy atom. The number of carbonyl (C=O) groups is 4. The van der Waals surface area contributed by atoms with Gasteiger partial charge in [0.05, 0.1) is 12.2 Å². The molecule has 6 atom stereocenters. The van der Waals surface area contributed by atoms with E-state index < -0.39 is 58.5 Å². The molecule has 2 aliphatic carbocycles. The summed E-state index contributed by atoms with van der Waals surface area (Å²) in [6, 6.07) is 0. The number of rotatable bonds is 6. The van der Waals surface area contributed by atoms with Crippen LogP contribution in [0.4, 0.5) is 0 Å². The predicted molar refractivity (Wildman–Crippen MR) is 113 cm³/mol. The fourth-order valence-electron chi connectivity index (χ4n) is 5.68. The maximum absolute atomic E-state index is 13.2. The second kappa shape index (κ2) is 8.62. The molecule has 0 unspecified atom stereocenters. The third-order valence-corrected chi connectivity index (χ3v) is 6.95. The number of esters is 4. The normalized spacial score (nSPS) is 39.0. The first-order valence-corrected chi connectivity index (χ1v) is 11.2. The van der Waals surface area contributed by atoms with E-state index in [1.165, 1.54) is 13.8 Å². The van der Waals surface area contributed by atoms with Crippen molar-refractivity contribution in [3.63, 3.8) is 0 Å². The Morgan fingerprint density at radius 1 is 1.03 bits per heavy atom. The molecule has 190 valence electrons. The van der Waals surface area contributed by atoms with Crippen LogP contribution in [0.25, 0.3) is 0 Å². The van der Waals surface area contributed by atoms with Crippen molar-refractivity contribution >= 4 is 23.9 Å². The fourth-order valence-corrected chi connectivity index (χ4v) is 5.68. The Balaban J connectivity index is 2.40. The van der Waals surface area contributed by atoms with E-state index in [0.29, 0.717) is 0 Å². The van der Waals surface area contributed by atoms with Gasteiger partial charge in [0.2, 0.25) is 5.60 Å². The van der Waals surface area contributed by atoms with Gasteiger partial charge in [-0.15, -0.1) is 0 Å². The lowest BCUT2D eigenvalue weighted by Crippen LogP contribution is -2.82. The molecule has 0 aromatic heterocycles. The fraction of sp³-hybridized carbons (Fsp3) is 0.739. The largest absolute Gasteiger partial charge is 0.458 e. The molecule has 0 amide bonds. The topological polar surface area (TPSA) is 155 Å². The predicted octanol–water partition coefficient (Wildman–Crippen LogP) is 0.480. The van der Waals surface area contributed by atoms with Gasteiger partial charge in [-0.05, 0) is 33.6 Å². The Bertz CT molecular complexity index is 937. The highest BCUT2D eigenvalue weighted by molar-refractivity contribution is 5.95. The van der Waals surface area contributed by atoms with Crippen LogP contribution in [0.15, 0.2) is 11.1 Å². The van der Waals surface area contributed by atoms with E-state index in [2.05, 4.69) is 0 Å². The minimum atomic E-state index is -2.22. The Hall–Kier alpha value is -2.50. The van der Waals surface area contributed by atoms with E-state index >= 15 is 0 Å². The van der Waals surface area contributed by atoms with E-state index in [9.17, 15) is 29.4 Å². The van der Waals surface area contributed by atoms with Gasteiger partial charge >= 0.3 is 23.9 Å². The summed E-state index contributed by atoms with van der Waals surface area (Å²) in [5.41, 5.74) is -7.88.